The lowest BCUT2D eigenvalue weighted by Crippen LogP contribution is -2.26. The fraction of sp³-hybridized carbons (Fsp3) is 0.500. The van der Waals surface area contributed by atoms with Crippen LogP contribution < -0.4 is 9.46 Å². The number of benzene rings is 1. The predicted octanol–water partition coefficient (Wildman–Crippen LogP) is 2.73. The Hall–Kier alpha value is -0.920. The summed E-state index contributed by atoms with van der Waals surface area (Å²) in [6, 6.07) is 6.05. The van der Waals surface area contributed by atoms with Crippen LogP contribution in [0.25, 0.3) is 0 Å². The van der Waals surface area contributed by atoms with Gasteiger partial charge in [0, 0.05) is 18.0 Å². The molecule has 0 bridgehead atoms. The van der Waals surface area contributed by atoms with Gasteiger partial charge >= 0.3 is 6.61 Å². The number of hydrogen-bond donors (Lipinski definition) is 1. The Balaban J connectivity index is 2.60. The largest absolute Gasteiger partial charge is 0.434 e. The van der Waals surface area contributed by atoms with Crippen molar-refractivity contribution in [3.8, 4) is 5.75 Å². The molecule has 1 aromatic rings. The number of ether oxygens (including phenoxy) is 1. The monoisotopic (exact) mass is 327 g/mol. The highest BCUT2D eigenvalue weighted by molar-refractivity contribution is 7.89. The molecule has 0 fully saturated rings. The third-order valence-corrected chi connectivity index (χ3v) is 4.15. The fourth-order valence-electron chi connectivity index (χ4n) is 1.51. The molecule has 0 spiro atoms. The summed E-state index contributed by atoms with van der Waals surface area (Å²) in [5, 5.41) is 0. The third kappa shape index (κ3) is 6.49. The van der Waals surface area contributed by atoms with Crippen LogP contribution in [0.2, 0.25) is 0 Å². The van der Waals surface area contributed by atoms with E-state index < -0.39 is 16.6 Å². The summed E-state index contributed by atoms with van der Waals surface area (Å²) in [7, 11) is -3.45. The molecule has 0 atom stereocenters. The summed E-state index contributed by atoms with van der Waals surface area (Å²) in [6.45, 7) is -3.04. The van der Waals surface area contributed by atoms with Gasteiger partial charge < -0.3 is 4.74 Å². The van der Waals surface area contributed by atoms with Crippen molar-refractivity contribution in [2.45, 2.75) is 26.0 Å². The van der Waals surface area contributed by atoms with Gasteiger partial charge in [-0.15, -0.1) is 11.6 Å². The Morgan fingerprint density at radius 2 is 1.95 bits per heavy atom. The van der Waals surface area contributed by atoms with Gasteiger partial charge in [0.2, 0.25) is 10.0 Å². The second kappa shape index (κ2) is 8.39. The Bertz CT molecular complexity index is 511. The Morgan fingerprint density at radius 3 is 2.60 bits per heavy atom. The van der Waals surface area contributed by atoms with Gasteiger partial charge in [-0.25, -0.2) is 13.1 Å². The summed E-state index contributed by atoms with van der Waals surface area (Å²) >= 11 is 5.47. The lowest BCUT2D eigenvalue weighted by Gasteiger charge is -2.11. The first-order valence-corrected chi connectivity index (χ1v) is 8.19. The number of nitrogens with one attached hydrogen (secondary N) is 1. The molecular formula is C12H16ClF2NO3S. The van der Waals surface area contributed by atoms with Crippen molar-refractivity contribution in [2.75, 3.05) is 11.6 Å². The molecule has 1 N–H and O–H groups in total. The normalized spacial score (nSPS) is 11.8. The molecule has 4 nitrogen and oxygen atoms in total. The second-order valence-electron chi connectivity index (χ2n) is 4.02. The van der Waals surface area contributed by atoms with Crippen molar-refractivity contribution in [3.63, 3.8) is 0 Å². The SMILES string of the molecule is O=S(=O)(CCCCCl)NCc1ccccc1OC(F)F. The highest BCUT2D eigenvalue weighted by Crippen LogP contribution is 2.20. The Morgan fingerprint density at radius 1 is 1.25 bits per heavy atom. The van der Waals surface area contributed by atoms with Gasteiger partial charge in [0.25, 0.3) is 0 Å². The average Bonchev–Trinajstić information content (AvgIpc) is 2.37. The van der Waals surface area contributed by atoms with Crippen LogP contribution in [-0.2, 0) is 16.6 Å². The smallest absolute Gasteiger partial charge is 0.387 e. The van der Waals surface area contributed by atoms with Gasteiger partial charge in [0.05, 0.1) is 5.75 Å². The summed E-state index contributed by atoms with van der Waals surface area (Å²) in [5.74, 6) is 0.323. The van der Waals surface area contributed by atoms with Gasteiger partial charge in [-0.3, -0.25) is 0 Å². The minimum Gasteiger partial charge on any atom is -0.434 e. The molecule has 114 valence electrons. The summed E-state index contributed by atoms with van der Waals surface area (Å²) in [6.07, 6.45) is 1.06. The van der Waals surface area contributed by atoms with E-state index in [1.165, 1.54) is 18.2 Å². The molecule has 8 heteroatoms. The van der Waals surface area contributed by atoms with Crippen LogP contribution in [-0.4, -0.2) is 26.7 Å². The quantitative estimate of drug-likeness (QED) is 0.560. The van der Waals surface area contributed by atoms with Crippen LogP contribution in [0.5, 0.6) is 5.75 Å². The molecule has 0 aliphatic carbocycles. The number of sulfonamides is 1. The van der Waals surface area contributed by atoms with Gasteiger partial charge in [-0.2, -0.15) is 8.78 Å². The van der Waals surface area contributed by atoms with E-state index in [4.69, 9.17) is 11.6 Å². The average molecular weight is 328 g/mol. The van der Waals surface area contributed by atoms with Crippen LogP contribution in [0.3, 0.4) is 0 Å². The van der Waals surface area contributed by atoms with Gasteiger partial charge in [0.1, 0.15) is 5.75 Å². The maximum Gasteiger partial charge on any atom is 0.387 e. The van der Waals surface area contributed by atoms with E-state index in [1.54, 1.807) is 6.07 Å². The zero-order chi connectivity index (χ0) is 15.0. The molecule has 0 unspecified atom stereocenters. The molecular weight excluding hydrogens is 312 g/mol. The van der Waals surface area contributed by atoms with Crippen molar-refractivity contribution in [1.29, 1.82) is 0 Å². The van der Waals surface area contributed by atoms with Gasteiger partial charge in [0.15, 0.2) is 0 Å². The highest BCUT2D eigenvalue weighted by atomic mass is 35.5. The summed E-state index contributed by atoms with van der Waals surface area (Å²) in [5.41, 5.74) is 0.355. The van der Waals surface area contributed by atoms with E-state index in [0.29, 0.717) is 24.3 Å². The van der Waals surface area contributed by atoms with Gasteiger partial charge in [-0.1, -0.05) is 18.2 Å². The summed E-state index contributed by atoms with van der Waals surface area (Å²) < 4.78 is 54.4. The standard InChI is InChI=1S/C12H16ClF2NO3S/c13-7-3-4-8-20(17,18)16-9-10-5-1-2-6-11(10)19-12(14)15/h1-2,5-6,12,16H,3-4,7-9H2. The molecule has 0 aliphatic heterocycles. The molecule has 1 aromatic carbocycles. The predicted molar refractivity (Wildman–Crippen MR) is 73.7 cm³/mol. The van der Waals surface area contributed by atoms with Crippen LogP contribution in [0.1, 0.15) is 18.4 Å². The first-order chi connectivity index (χ1) is 9.44. The van der Waals surface area contributed by atoms with Gasteiger partial charge in [-0.05, 0) is 18.9 Å². The minimum atomic E-state index is -3.45. The third-order valence-electron chi connectivity index (χ3n) is 2.47. The van der Waals surface area contributed by atoms with Crippen LogP contribution in [0, 0.1) is 0 Å². The number of halogens is 3. The first kappa shape index (κ1) is 17.1. The van der Waals surface area contributed by atoms with E-state index in [0.717, 1.165) is 0 Å². The molecule has 0 amide bonds. The van der Waals surface area contributed by atoms with E-state index >= 15 is 0 Å². The molecule has 0 saturated carbocycles. The minimum absolute atomic E-state index is 0.0361. The number of rotatable bonds is 9. The Kier molecular flexibility index (Phi) is 7.18. The van der Waals surface area contributed by atoms with Crippen molar-refractivity contribution in [1.82, 2.24) is 4.72 Å². The molecule has 20 heavy (non-hydrogen) atoms. The number of alkyl halides is 3. The van der Waals surface area contributed by atoms with Crippen LogP contribution in [0.4, 0.5) is 8.78 Å². The van der Waals surface area contributed by atoms with Crippen LogP contribution >= 0.6 is 11.6 Å². The molecule has 0 radical (unpaired) electrons. The maximum absolute atomic E-state index is 12.2. The number of hydrogen-bond acceptors (Lipinski definition) is 3. The highest BCUT2D eigenvalue weighted by Gasteiger charge is 2.13. The lowest BCUT2D eigenvalue weighted by atomic mass is 10.2. The second-order valence-corrected chi connectivity index (χ2v) is 6.33. The van der Waals surface area contributed by atoms with Crippen molar-refractivity contribution in [3.05, 3.63) is 29.8 Å². The number of para-hydroxylation sites is 1. The van der Waals surface area contributed by atoms with E-state index in [1.807, 2.05) is 0 Å². The maximum atomic E-state index is 12.2. The van der Waals surface area contributed by atoms with Crippen molar-refractivity contribution in [2.24, 2.45) is 0 Å². The van der Waals surface area contributed by atoms with Crippen LogP contribution in [0.15, 0.2) is 24.3 Å². The summed E-state index contributed by atoms with van der Waals surface area (Å²) in [4.78, 5) is 0. The first-order valence-electron chi connectivity index (χ1n) is 6.00. The zero-order valence-corrected chi connectivity index (χ0v) is 12.3. The zero-order valence-electron chi connectivity index (χ0n) is 10.7. The molecule has 0 aromatic heterocycles. The topological polar surface area (TPSA) is 55.4 Å². The molecule has 0 heterocycles. The van der Waals surface area contributed by atoms with Crippen molar-refractivity contribution >= 4 is 21.6 Å². The molecule has 1 rings (SSSR count). The molecule has 0 saturated heterocycles. The number of unbranched alkanes of at least 4 members (excludes halogenated alkanes) is 1. The van der Waals surface area contributed by atoms with E-state index in [-0.39, 0.29) is 18.0 Å². The fourth-order valence-corrected chi connectivity index (χ4v) is 2.80. The molecule has 0 aliphatic rings. The van der Waals surface area contributed by atoms with E-state index in [2.05, 4.69) is 9.46 Å². The van der Waals surface area contributed by atoms with E-state index in [9.17, 15) is 17.2 Å². The lowest BCUT2D eigenvalue weighted by molar-refractivity contribution is -0.0504. The van der Waals surface area contributed by atoms with Crippen molar-refractivity contribution < 1.29 is 21.9 Å². The Labute approximate surface area is 122 Å².